The van der Waals surface area contributed by atoms with Gasteiger partial charge in [0.05, 0.1) is 16.4 Å². The van der Waals surface area contributed by atoms with Gasteiger partial charge in [-0.2, -0.15) is 0 Å². The molecule has 1 N–H and O–H groups in total. The van der Waals surface area contributed by atoms with Crippen molar-refractivity contribution in [3.63, 3.8) is 0 Å². The van der Waals surface area contributed by atoms with E-state index in [2.05, 4.69) is 6.92 Å². The smallest absolute Gasteiger partial charge is 0.335 e. The Labute approximate surface area is 110 Å². The first-order valence-corrected chi connectivity index (χ1v) is 7.53. The fraction of sp³-hybridized carbons (Fsp3) is 0.500. The van der Waals surface area contributed by atoms with Gasteiger partial charge in [-0.05, 0) is 55.9 Å². The van der Waals surface area contributed by atoms with Crippen LogP contribution < -0.4 is 0 Å². The molecule has 0 amide bonds. The zero-order chi connectivity index (χ0) is 13.1. The number of carboxylic acids is 1. The van der Waals surface area contributed by atoms with E-state index in [1.165, 1.54) is 12.1 Å². The molecular formula is C14H18O3S. The van der Waals surface area contributed by atoms with E-state index < -0.39 is 16.8 Å². The van der Waals surface area contributed by atoms with Gasteiger partial charge in [-0.1, -0.05) is 6.92 Å². The Bertz CT molecular complexity index is 445. The molecule has 4 heteroatoms. The highest BCUT2D eigenvalue weighted by Crippen LogP contribution is 2.29. The number of hydrogen-bond acceptors (Lipinski definition) is 2. The molecule has 0 heterocycles. The second-order valence-electron chi connectivity index (χ2n) is 5.01. The maximum Gasteiger partial charge on any atom is 0.335 e. The number of carboxylic acid groups (broad SMARTS) is 1. The molecule has 0 radical (unpaired) electrons. The van der Waals surface area contributed by atoms with Gasteiger partial charge in [0.1, 0.15) is 0 Å². The molecule has 0 bridgehead atoms. The van der Waals surface area contributed by atoms with Crippen molar-refractivity contribution in [1.82, 2.24) is 0 Å². The van der Waals surface area contributed by atoms with E-state index in [9.17, 15) is 9.00 Å². The molecule has 0 aliphatic heterocycles. The van der Waals surface area contributed by atoms with Crippen molar-refractivity contribution >= 4 is 16.8 Å². The monoisotopic (exact) mass is 266 g/mol. The maximum atomic E-state index is 12.4. The summed E-state index contributed by atoms with van der Waals surface area (Å²) in [5.41, 5.74) is 0.244. The van der Waals surface area contributed by atoms with Crippen LogP contribution in [0.5, 0.6) is 0 Å². The van der Waals surface area contributed by atoms with Crippen molar-refractivity contribution in [3.8, 4) is 0 Å². The predicted molar refractivity (Wildman–Crippen MR) is 71.2 cm³/mol. The minimum atomic E-state index is -0.999. The van der Waals surface area contributed by atoms with Crippen LogP contribution in [0.2, 0.25) is 0 Å². The van der Waals surface area contributed by atoms with Crippen LogP contribution in [-0.2, 0) is 10.8 Å². The lowest BCUT2D eigenvalue weighted by atomic mass is 9.91. The first kappa shape index (κ1) is 13.3. The van der Waals surface area contributed by atoms with Crippen molar-refractivity contribution in [2.75, 3.05) is 0 Å². The lowest BCUT2D eigenvalue weighted by molar-refractivity contribution is 0.0697. The summed E-state index contributed by atoms with van der Waals surface area (Å²) in [5, 5.41) is 9.05. The molecule has 1 atom stereocenters. The molecule has 1 unspecified atom stereocenters. The molecular weight excluding hydrogens is 248 g/mol. The molecule has 1 aliphatic rings. The standard InChI is InChI=1S/C14H18O3S/c1-10-2-6-12(7-3-10)18(17)13-8-4-11(5-9-13)14(15)16/h4-5,8-10,12H,2-3,6-7H2,1H3,(H,15,16). The minimum absolute atomic E-state index is 0.233. The largest absolute Gasteiger partial charge is 0.478 e. The second-order valence-corrected chi connectivity index (χ2v) is 6.74. The van der Waals surface area contributed by atoms with Crippen LogP contribution in [0.15, 0.2) is 29.2 Å². The van der Waals surface area contributed by atoms with Crippen LogP contribution in [0.25, 0.3) is 0 Å². The predicted octanol–water partition coefficient (Wildman–Crippen LogP) is 3.07. The van der Waals surface area contributed by atoms with Crippen LogP contribution in [0.3, 0.4) is 0 Å². The summed E-state index contributed by atoms with van der Waals surface area (Å²) >= 11 is 0. The second kappa shape index (κ2) is 5.65. The van der Waals surface area contributed by atoms with Crippen molar-refractivity contribution in [1.29, 1.82) is 0 Å². The van der Waals surface area contributed by atoms with Gasteiger partial charge in [0.25, 0.3) is 0 Å². The average molecular weight is 266 g/mol. The first-order chi connectivity index (χ1) is 8.58. The summed E-state index contributed by atoms with van der Waals surface area (Å²) in [6, 6.07) is 6.41. The van der Waals surface area contributed by atoms with E-state index in [-0.39, 0.29) is 10.8 Å². The topological polar surface area (TPSA) is 54.4 Å². The van der Waals surface area contributed by atoms with Crippen molar-refractivity contribution < 1.29 is 14.1 Å². The molecule has 98 valence electrons. The molecule has 18 heavy (non-hydrogen) atoms. The molecule has 1 aliphatic carbocycles. The Kier molecular flexibility index (Phi) is 4.17. The van der Waals surface area contributed by atoms with Crippen molar-refractivity contribution in [2.45, 2.75) is 42.8 Å². The lowest BCUT2D eigenvalue weighted by Crippen LogP contribution is -2.22. The highest BCUT2D eigenvalue weighted by Gasteiger charge is 2.24. The molecule has 0 spiro atoms. The zero-order valence-corrected chi connectivity index (χ0v) is 11.3. The van der Waals surface area contributed by atoms with E-state index in [0.717, 1.165) is 36.5 Å². The molecule has 1 aromatic carbocycles. The summed E-state index contributed by atoms with van der Waals surface area (Å²) in [5.74, 6) is -0.202. The lowest BCUT2D eigenvalue weighted by Gasteiger charge is -2.25. The number of carbonyl (C=O) groups is 1. The number of aromatic carboxylic acids is 1. The molecule has 0 aromatic heterocycles. The third-order valence-electron chi connectivity index (χ3n) is 3.60. The van der Waals surface area contributed by atoms with Crippen molar-refractivity contribution in [2.24, 2.45) is 5.92 Å². The Morgan fingerprint density at radius 1 is 1.17 bits per heavy atom. The van der Waals surface area contributed by atoms with Gasteiger partial charge in [-0.3, -0.25) is 4.21 Å². The SMILES string of the molecule is CC1CCC(S(=O)c2ccc(C(=O)O)cc2)CC1. The molecule has 2 rings (SSSR count). The Hall–Kier alpha value is -1.16. The van der Waals surface area contributed by atoms with Gasteiger partial charge >= 0.3 is 5.97 Å². The van der Waals surface area contributed by atoms with Crippen LogP contribution in [0.4, 0.5) is 0 Å². The fourth-order valence-corrected chi connectivity index (χ4v) is 3.86. The third kappa shape index (κ3) is 2.99. The van der Waals surface area contributed by atoms with E-state index in [1.54, 1.807) is 12.1 Å². The molecule has 1 fully saturated rings. The van der Waals surface area contributed by atoms with Gasteiger partial charge < -0.3 is 5.11 Å². The van der Waals surface area contributed by atoms with Crippen molar-refractivity contribution in [3.05, 3.63) is 29.8 Å². The van der Waals surface area contributed by atoms with E-state index in [0.29, 0.717) is 0 Å². The first-order valence-electron chi connectivity index (χ1n) is 6.32. The molecule has 3 nitrogen and oxygen atoms in total. The highest BCUT2D eigenvalue weighted by molar-refractivity contribution is 7.85. The summed E-state index contributed by atoms with van der Waals surface area (Å²) in [4.78, 5) is 11.5. The number of benzene rings is 1. The van der Waals surface area contributed by atoms with Crippen LogP contribution in [0, 0.1) is 5.92 Å². The van der Waals surface area contributed by atoms with Gasteiger partial charge in [-0.25, -0.2) is 4.79 Å². The van der Waals surface area contributed by atoms with Crippen LogP contribution >= 0.6 is 0 Å². The summed E-state index contributed by atoms with van der Waals surface area (Å²) in [6.45, 7) is 2.24. The quantitative estimate of drug-likeness (QED) is 0.914. The van der Waals surface area contributed by atoms with Gasteiger partial charge in [0.2, 0.25) is 0 Å². The summed E-state index contributed by atoms with van der Waals surface area (Å²) in [7, 11) is -0.999. The summed E-state index contributed by atoms with van der Waals surface area (Å²) in [6.07, 6.45) is 4.30. The van der Waals surface area contributed by atoms with E-state index in [1.807, 2.05) is 0 Å². The Balaban J connectivity index is 2.07. The minimum Gasteiger partial charge on any atom is -0.478 e. The number of rotatable bonds is 3. The highest BCUT2D eigenvalue weighted by atomic mass is 32.2. The Morgan fingerprint density at radius 2 is 1.72 bits per heavy atom. The fourth-order valence-electron chi connectivity index (χ4n) is 2.37. The third-order valence-corrected chi connectivity index (χ3v) is 5.41. The van der Waals surface area contributed by atoms with E-state index in [4.69, 9.17) is 5.11 Å². The average Bonchev–Trinajstić information content (AvgIpc) is 2.39. The van der Waals surface area contributed by atoms with Crippen LogP contribution in [0.1, 0.15) is 43.0 Å². The summed E-state index contributed by atoms with van der Waals surface area (Å²) < 4.78 is 12.4. The molecule has 1 saturated carbocycles. The normalized spacial score (nSPS) is 25.6. The zero-order valence-electron chi connectivity index (χ0n) is 10.5. The molecule has 1 aromatic rings. The van der Waals surface area contributed by atoms with E-state index >= 15 is 0 Å². The maximum absolute atomic E-state index is 12.4. The van der Waals surface area contributed by atoms with Gasteiger partial charge in [0, 0.05) is 10.1 Å². The van der Waals surface area contributed by atoms with Crippen LogP contribution in [-0.4, -0.2) is 20.5 Å². The number of hydrogen-bond donors (Lipinski definition) is 1. The van der Waals surface area contributed by atoms with Gasteiger partial charge in [0.15, 0.2) is 0 Å². The molecule has 0 saturated heterocycles. The van der Waals surface area contributed by atoms with Gasteiger partial charge in [-0.15, -0.1) is 0 Å². The Morgan fingerprint density at radius 3 is 2.22 bits per heavy atom.